The number of aromatic amines is 1. The Balaban J connectivity index is 1.29. The van der Waals surface area contributed by atoms with E-state index >= 15 is 0 Å². The zero-order valence-corrected chi connectivity index (χ0v) is 21.4. The van der Waals surface area contributed by atoms with E-state index in [1.54, 1.807) is 0 Å². The Bertz CT molecular complexity index is 1720. The molecule has 6 aromatic rings. The summed E-state index contributed by atoms with van der Waals surface area (Å²) in [5.74, 6) is -0.962. The summed E-state index contributed by atoms with van der Waals surface area (Å²) >= 11 is 8.22. The molecule has 182 valence electrons. The average molecular weight is 523 g/mol. The van der Waals surface area contributed by atoms with Gasteiger partial charge in [0.15, 0.2) is 0 Å². The maximum absolute atomic E-state index is 12.0. The van der Waals surface area contributed by atoms with Gasteiger partial charge in [-0.15, -0.1) is 0 Å². The maximum Gasteiger partial charge on any atom is 0.353 e. The summed E-state index contributed by atoms with van der Waals surface area (Å²) in [6.45, 7) is 1.32. The summed E-state index contributed by atoms with van der Waals surface area (Å²) in [5.41, 5.74) is 3.32. The van der Waals surface area contributed by atoms with Crippen molar-refractivity contribution in [2.75, 3.05) is 0 Å². The summed E-state index contributed by atoms with van der Waals surface area (Å²) in [7, 11) is 0. The lowest BCUT2D eigenvalue weighted by Gasteiger charge is -2.14. The number of aromatic carboxylic acids is 1. The minimum Gasteiger partial charge on any atom is -0.477 e. The van der Waals surface area contributed by atoms with Crippen LogP contribution in [-0.4, -0.2) is 16.1 Å². The molecule has 0 spiro atoms. The molecule has 5 aromatic carbocycles. The SMILES string of the molecule is O=C(O)c1[nH]c2cc(CNCc3c4ccccc4c(Cl)c4ccccc34)ccc2c1Sc1ccccc1. The molecule has 0 saturated heterocycles. The van der Waals surface area contributed by atoms with Crippen LogP contribution in [0.3, 0.4) is 0 Å². The zero-order chi connectivity index (χ0) is 25.4. The van der Waals surface area contributed by atoms with Crippen LogP contribution in [0.1, 0.15) is 21.6 Å². The van der Waals surface area contributed by atoms with E-state index in [0.717, 1.165) is 52.8 Å². The smallest absolute Gasteiger partial charge is 0.353 e. The summed E-state index contributed by atoms with van der Waals surface area (Å²) in [4.78, 5) is 16.8. The summed E-state index contributed by atoms with van der Waals surface area (Å²) in [6.07, 6.45) is 0. The molecule has 0 bridgehead atoms. The van der Waals surface area contributed by atoms with Crippen LogP contribution in [0.2, 0.25) is 5.02 Å². The van der Waals surface area contributed by atoms with Gasteiger partial charge >= 0.3 is 5.97 Å². The molecule has 0 aliphatic rings. The number of benzene rings is 5. The zero-order valence-electron chi connectivity index (χ0n) is 19.8. The predicted molar refractivity (Wildman–Crippen MR) is 153 cm³/mol. The number of nitrogens with one attached hydrogen (secondary N) is 2. The molecule has 0 saturated carbocycles. The Labute approximate surface area is 223 Å². The molecule has 0 atom stereocenters. The van der Waals surface area contributed by atoms with Crippen LogP contribution in [0.25, 0.3) is 32.4 Å². The van der Waals surface area contributed by atoms with Gasteiger partial charge in [-0.2, -0.15) is 0 Å². The van der Waals surface area contributed by atoms with E-state index in [1.807, 2.05) is 66.7 Å². The molecular weight excluding hydrogens is 500 g/mol. The van der Waals surface area contributed by atoms with Crippen LogP contribution in [0.4, 0.5) is 0 Å². The van der Waals surface area contributed by atoms with Crippen molar-refractivity contribution in [1.29, 1.82) is 0 Å². The van der Waals surface area contributed by atoms with E-state index < -0.39 is 5.97 Å². The third kappa shape index (κ3) is 4.46. The second-order valence-electron chi connectivity index (χ2n) is 8.92. The molecule has 0 aliphatic carbocycles. The molecule has 6 heteroatoms. The summed E-state index contributed by atoms with van der Waals surface area (Å²) < 4.78 is 0. The van der Waals surface area contributed by atoms with Crippen LogP contribution >= 0.6 is 23.4 Å². The van der Waals surface area contributed by atoms with E-state index in [1.165, 1.54) is 17.3 Å². The minimum atomic E-state index is -0.962. The number of hydrogen-bond donors (Lipinski definition) is 3. The Morgan fingerprint density at radius 3 is 2.05 bits per heavy atom. The number of rotatable bonds is 7. The number of carboxylic acid groups (broad SMARTS) is 1. The van der Waals surface area contributed by atoms with Crippen molar-refractivity contribution in [2.45, 2.75) is 22.9 Å². The first-order valence-electron chi connectivity index (χ1n) is 12.0. The molecule has 37 heavy (non-hydrogen) atoms. The first kappa shape index (κ1) is 23.6. The fourth-order valence-corrected chi connectivity index (χ4v) is 6.27. The van der Waals surface area contributed by atoms with Crippen LogP contribution < -0.4 is 5.32 Å². The van der Waals surface area contributed by atoms with E-state index in [0.29, 0.717) is 13.1 Å². The van der Waals surface area contributed by atoms with Crippen molar-refractivity contribution in [3.05, 3.63) is 119 Å². The quantitative estimate of drug-likeness (QED) is 0.185. The monoisotopic (exact) mass is 522 g/mol. The number of carboxylic acids is 1. The van der Waals surface area contributed by atoms with Crippen molar-refractivity contribution >= 4 is 61.8 Å². The Morgan fingerprint density at radius 2 is 1.41 bits per heavy atom. The fourth-order valence-electron chi connectivity index (χ4n) is 4.88. The number of fused-ring (bicyclic) bond motifs is 3. The highest BCUT2D eigenvalue weighted by Crippen LogP contribution is 2.38. The number of hydrogen-bond acceptors (Lipinski definition) is 3. The highest BCUT2D eigenvalue weighted by atomic mass is 35.5. The standard InChI is InChI=1S/C31H23ClN2O2S/c32-28-23-12-6-4-10-21(23)26(22-11-5-7-13-24(22)28)18-33-17-19-14-15-25-27(16-19)34-29(31(35)36)30(25)37-20-8-2-1-3-9-20/h1-16,33-34H,17-18H2,(H,35,36). The number of aromatic nitrogens is 1. The number of H-pyrrole nitrogens is 1. The van der Waals surface area contributed by atoms with Crippen molar-refractivity contribution in [1.82, 2.24) is 10.3 Å². The lowest BCUT2D eigenvalue weighted by atomic mass is 9.96. The maximum atomic E-state index is 12.0. The Kier molecular flexibility index (Phi) is 6.35. The number of carbonyl (C=O) groups is 1. The van der Waals surface area contributed by atoms with Gasteiger partial charge in [0.05, 0.1) is 9.92 Å². The molecule has 0 amide bonds. The third-order valence-electron chi connectivity index (χ3n) is 6.60. The van der Waals surface area contributed by atoms with Gasteiger partial charge in [0.2, 0.25) is 0 Å². The lowest BCUT2D eigenvalue weighted by Crippen LogP contribution is -2.13. The topological polar surface area (TPSA) is 65.1 Å². The van der Waals surface area contributed by atoms with E-state index in [4.69, 9.17) is 11.6 Å². The fraction of sp³-hybridized carbons (Fsp3) is 0.0645. The second kappa shape index (κ2) is 9.94. The highest BCUT2D eigenvalue weighted by molar-refractivity contribution is 7.99. The van der Waals surface area contributed by atoms with Crippen molar-refractivity contribution in [3.8, 4) is 0 Å². The van der Waals surface area contributed by atoms with Crippen molar-refractivity contribution < 1.29 is 9.90 Å². The van der Waals surface area contributed by atoms with Gasteiger partial charge in [-0.25, -0.2) is 4.79 Å². The van der Waals surface area contributed by atoms with Gasteiger partial charge in [-0.1, -0.05) is 102 Å². The molecule has 6 rings (SSSR count). The van der Waals surface area contributed by atoms with E-state index in [9.17, 15) is 9.90 Å². The van der Waals surface area contributed by atoms with Crippen LogP contribution in [0, 0.1) is 0 Å². The van der Waals surface area contributed by atoms with Gasteiger partial charge in [0.1, 0.15) is 5.69 Å². The molecule has 0 radical (unpaired) electrons. The van der Waals surface area contributed by atoms with Gasteiger partial charge < -0.3 is 15.4 Å². The van der Waals surface area contributed by atoms with E-state index in [2.05, 4.69) is 40.6 Å². The molecular formula is C31H23ClN2O2S. The second-order valence-corrected chi connectivity index (χ2v) is 10.4. The van der Waals surface area contributed by atoms with E-state index in [-0.39, 0.29) is 5.69 Å². The largest absolute Gasteiger partial charge is 0.477 e. The van der Waals surface area contributed by atoms with Crippen molar-refractivity contribution in [3.63, 3.8) is 0 Å². The van der Waals surface area contributed by atoms with Crippen molar-refractivity contribution in [2.24, 2.45) is 0 Å². The van der Waals surface area contributed by atoms with Crippen LogP contribution in [0.5, 0.6) is 0 Å². The van der Waals surface area contributed by atoms with Gasteiger partial charge in [-0.3, -0.25) is 0 Å². The minimum absolute atomic E-state index is 0.216. The molecule has 1 heterocycles. The number of halogens is 1. The molecule has 1 aromatic heterocycles. The Hall–Kier alpha value is -3.77. The normalized spacial score (nSPS) is 11.5. The first-order chi connectivity index (χ1) is 18.1. The highest BCUT2D eigenvalue weighted by Gasteiger charge is 2.18. The summed E-state index contributed by atoms with van der Waals surface area (Å²) in [6, 6.07) is 32.4. The molecule has 3 N–H and O–H groups in total. The Morgan fingerprint density at radius 1 is 0.784 bits per heavy atom. The van der Waals surface area contributed by atoms with Gasteiger partial charge in [0.25, 0.3) is 0 Å². The van der Waals surface area contributed by atoms with Crippen LogP contribution in [0.15, 0.2) is 107 Å². The van der Waals surface area contributed by atoms with Gasteiger partial charge in [0, 0.05) is 39.7 Å². The molecule has 4 nitrogen and oxygen atoms in total. The lowest BCUT2D eigenvalue weighted by molar-refractivity contribution is 0.0687. The molecule has 0 unspecified atom stereocenters. The van der Waals surface area contributed by atoms with Gasteiger partial charge in [-0.05, 0) is 40.1 Å². The average Bonchev–Trinajstić information content (AvgIpc) is 3.29. The van der Waals surface area contributed by atoms with Crippen LogP contribution in [-0.2, 0) is 13.1 Å². The predicted octanol–water partition coefficient (Wildman–Crippen LogP) is 8.27. The first-order valence-corrected chi connectivity index (χ1v) is 13.2. The molecule has 0 aliphatic heterocycles. The molecule has 0 fully saturated rings. The third-order valence-corrected chi connectivity index (χ3v) is 8.14. The summed E-state index contributed by atoms with van der Waals surface area (Å²) in [5, 5.41) is 19.5.